The molecule has 1 aromatic carbocycles. The van der Waals surface area contributed by atoms with Crippen LogP contribution in [0.15, 0.2) is 45.9 Å². The first-order chi connectivity index (χ1) is 12.2. The molecule has 0 aliphatic carbocycles. The Morgan fingerprint density at radius 2 is 2.04 bits per heavy atom. The molecule has 0 aliphatic heterocycles. The highest BCUT2D eigenvalue weighted by molar-refractivity contribution is 7.89. The number of hydrogen-bond donors (Lipinski definition) is 2. The second kappa shape index (κ2) is 8.35. The number of hydrogen-bond acceptors (Lipinski definition) is 6. The number of sulfonamides is 1. The molecule has 0 unspecified atom stereocenters. The molecular weight excluding hydrogens is 384 g/mol. The highest BCUT2D eigenvalue weighted by Gasteiger charge is 2.22. The van der Waals surface area contributed by atoms with E-state index < -0.39 is 28.0 Å². The Balaban J connectivity index is 2.04. The van der Waals surface area contributed by atoms with Gasteiger partial charge in [0, 0.05) is 0 Å². The highest BCUT2D eigenvalue weighted by Crippen LogP contribution is 2.23. The van der Waals surface area contributed by atoms with E-state index in [4.69, 9.17) is 20.8 Å². The molecule has 1 aromatic heterocycles. The summed E-state index contributed by atoms with van der Waals surface area (Å²) in [7, 11) is -2.62. The van der Waals surface area contributed by atoms with Gasteiger partial charge in [0.05, 0.1) is 23.4 Å². The predicted molar refractivity (Wildman–Crippen MR) is 93.1 cm³/mol. The van der Waals surface area contributed by atoms with Crippen LogP contribution < -0.4 is 10.0 Å². The van der Waals surface area contributed by atoms with Gasteiger partial charge in [-0.1, -0.05) is 11.6 Å². The van der Waals surface area contributed by atoms with Crippen molar-refractivity contribution in [3.05, 3.63) is 52.9 Å². The maximum absolute atomic E-state index is 12.2. The van der Waals surface area contributed by atoms with Crippen molar-refractivity contribution in [1.82, 2.24) is 10.0 Å². The van der Waals surface area contributed by atoms with Crippen LogP contribution in [-0.2, 0) is 26.1 Å². The van der Waals surface area contributed by atoms with Crippen molar-refractivity contribution in [3.63, 3.8) is 0 Å². The van der Waals surface area contributed by atoms with Gasteiger partial charge in [-0.3, -0.25) is 4.79 Å². The molecule has 1 atom stereocenters. The molecule has 0 radical (unpaired) electrons. The topological polar surface area (TPSA) is 115 Å². The van der Waals surface area contributed by atoms with E-state index in [0.29, 0.717) is 5.76 Å². The van der Waals surface area contributed by atoms with Crippen molar-refractivity contribution in [2.45, 2.75) is 24.5 Å². The van der Waals surface area contributed by atoms with Crippen molar-refractivity contribution in [2.75, 3.05) is 7.05 Å². The molecule has 0 aliphatic rings. The molecular formula is C16H17ClN2O6S. The summed E-state index contributed by atoms with van der Waals surface area (Å²) in [5.41, 5.74) is -0.0473. The number of halogens is 1. The van der Waals surface area contributed by atoms with Crippen LogP contribution >= 0.6 is 11.6 Å². The van der Waals surface area contributed by atoms with Gasteiger partial charge in [0.2, 0.25) is 10.0 Å². The fraction of sp³-hybridized carbons (Fsp3) is 0.250. The Morgan fingerprint density at radius 1 is 1.31 bits per heavy atom. The molecule has 0 saturated heterocycles. The minimum absolute atomic E-state index is 0.0415. The maximum atomic E-state index is 12.2. The molecule has 0 bridgehead atoms. The molecule has 2 rings (SSSR count). The van der Waals surface area contributed by atoms with Crippen molar-refractivity contribution in [1.29, 1.82) is 0 Å². The van der Waals surface area contributed by atoms with Crippen molar-refractivity contribution in [2.24, 2.45) is 0 Å². The fourth-order valence-corrected chi connectivity index (χ4v) is 3.21. The Labute approximate surface area is 155 Å². The zero-order valence-corrected chi connectivity index (χ0v) is 15.6. The molecule has 2 aromatic rings. The van der Waals surface area contributed by atoms with Gasteiger partial charge in [-0.05, 0) is 44.3 Å². The zero-order chi connectivity index (χ0) is 19.3. The Bertz CT molecular complexity index is 895. The number of amides is 1. The van der Waals surface area contributed by atoms with Gasteiger partial charge >= 0.3 is 5.97 Å². The molecule has 0 saturated carbocycles. The average Bonchev–Trinajstić information content (AvgIpc) is 3.13. The number of furan rings is 1. The Hall–Kier alpha value is -2.36. The van der Waals surface area contributed by atoms with E-state index in [-0.39, 0.29) is 22.0 Å². The van der Waals surface area contributed by atoms with Crippen molar-refractivity contribution < 1.29 is 27.2 Å². The minimum Gasteiger partial charge on any atom is -0.467 e. The lowest BCUT2D eigenvalue weighted by Crippen LogP contribution is -2.35. The first-order valence-corrected chi connectivity index (χ1v) is 9.35. The smallest absolute Gasteiger partial charge is 0.338 e. The standard InChI is InChI=1S/C16H17ClN2O6S/c1-10(15(20)19-9-12-4-3-7-24-12)25-16(21)11-5-6-13(17)14(8-11)26(22,23)18-2/h3-8,10,18H,9H2,1-2H3,(H,19,20)/t10-/m0/s1. The summed E-state index contributed by atoms with van der Waals surface area (Å²) in [6.07, 6.45) is 0.389. The first-order valence-electron chi connectivity index (χ1n) is 7.48. The van der Waals surface area contributed by atoms with Crippen LogP contribution in [0.25, 0.3) is 0 Å². The van der Waals surface area contributed by atoms with Crippen LogP contribution in [-0.4, -0.2) is 33.4 Å². The minimum atomic E-state index is -3.84. The van der Waals surface area contributed by atoms with Gasteiger partial charge in [-0.15, -0.1) is 0 Å². The predicted octanol–water partition coefficient (Wildman–Crippen LogP) is 1.70. The zero-order valence-electron chi connectivity index (χ0n) is 14.0. The average molecular weight is 401 g/mol. The summed E-state index contributed by atoms with van der Waals surface area (Å²) in [6.45, 7) is 1.55. The van der Waals surface area contributed by atoms with Gasteiger partial charge in [0.15, 0.2) is 6.10 Å². The third kappa shape index (κ3) is 4.84. The van der Waals surface area contributed by atoms with Gasteiger partial charge in [0.1, 0.15) is 10.7 Å². The quantitative estimate of drug-likeness (QED) is 0.683. The van der Waals surface area contributed by atoms with Gasteiger partial charge in [-0.25, -0.2) is 17.9 Å². The van der Waals surface area contributed by atoms with Gasteiger partial charge in [0.25, 0.3) is 5.91 Å². The molecule has 0 spiro atoms. The van der Waals surface area contributed by atoms with Crippen molar-refractivity contribution >= 4 is 33.5 Å². The normalized spacial score (nSPS) is 12.4. The van der Waals surface area contributed by atoms with Crippen LogP contribution in [0, 0.1) is 0 Å². The molecule has 1 heterocycles. The third-order valence-corrected chi connectivity index (χ3v) is 5.29. The molecule has 2 N–H and O–H groups in total. The summed E-state index contributed by atoms with van der Waals surface area (Å²) >= 11 is 5.87. The number of rotatable bonds is 7. The van der Waals surface area contributed by atoms with Crippen LogP contribution in [0.4, 0.5) is 0 Å². The summed E-state index contributed by atoms with van der Waals surface area (Å²) in [5.74, 6) is -0.821. The molecule has 10 heteroatoms. The lowest BCUT2D eigenvalue weighted by atomic mass is 10.2. The first kappa shape index (κ1) is 20.0. The van der Waals surface area contributed by atoms with Gasteiger partial charge in [-0.2, -0.15) is 0 Å². The van der Waals surface area contributed by atoms with Crippen molar-refractivity contribution in [3.8, 4) is 0 Å². The number of carbonyl (C=O) groups is 2. The van der Waals surface area contributed by atoms with Gasteiger partial charge < -0.3 is 14.5 Å². The molecule has 0 fully saturated rings. The van der Waals surface area contributed by atoms with E-state index >= 15 is 0 Å². The third-order valence-electron chi connectivity index (χ3n) is 3.40. The van der Waals surface area contributed by atoms with Crippen LogP contribution in [0.2, 0.25) is 5.02 Å². The highest BCUT2D eigenvalue weighted by atomic mass is 35.5. The number of nitrogens with one attached hydrogen (secondary N) is 2. The molecule has 140 valence electrons. The Kier molecular flexibility index (Phi) is 6.41. The molecule has 8 nitrogen and oxygen atoms in total. The lowest BCUT2D eigenvalue weighted by molar-refractivity contribution is -0.129. The molecule has 26 heavy (non-hydrogen) atoms. The maximum Gasteiger partial charge on any atom is 0.338 e. The van der Waals surface area contributed by atoms with Crippen LogP contribution in [0.1, 0.15) is 23.0 Å². The van der Waals surface area contributed by atoms with E-state index in [9.17, 15) is 18.0 Å². The van der Waals surface area contributed by atoms with E-state index in [0.717, 1.165) is 6.07 Å². The number of ether oxygens (including phenoxy) is 1. The van der Waals surface area contributed by atoms with E-state index in [1.807, 2.05) is 0 Å². The van der Waals surface area contributed by atoms with E-state index in [1.165, 1.54) is 32.4 Å². The Morgan fingerprint density at radius 3 is 2.65 bits per heavy atom. The monoisotopic (exact) mass is 400 g/mol. The second-order valence-electron chi connectivity index (χ2n) is 5.20. The lowest BCUT2D eigenvalue weighted by Gasteiger charge is -2.14. The SMILES string of the molecule is CNS(=O)(=O)c1cc(C(=O)O[C@@H](C)C(=O)NCc2ccco2)ccc1Cl. The van der Waals surface area contributed by atoms with Crippen LogP contribution in [0.3, 0.4) is 0 Å². The summed E-state index contributed by atoms with van der Waals surface area (Å²) in [5, 5.41) is 2.52. The summed E-state index contributed by atoms with van der Waals surface area (Å²) < 4.78 is 36.1. The number of esters is 1. The number of benzene rings is 1. The summed E-state index contributed by atoms with van der Waals surface area (Å²) in [6, 6.07) is 7.04. The largest absolute Gasteiger partial charge is 0.467 e. The van der Waals surface area contributed by atoms with Crippen LogP contribution in [0.5, 0.6) is 0 Å². The fourth-order valence-electron chi connectivity index (χ4n) is 1.96. The summed E-state index contributed by atoms with van der Waals surface area (Å²) in [4.78, 5) is 23.9. The number of carbonyl (C=O) groups excluding carboxylic acids is 2. The molecule has 1 amide bonds. The second-order valence-corrected chi connectivity index (χ2v) is 7.46. The van der Waals surface area contributed by atoms with E-state index in [1.54, 1.807) is 12.1 Å². The van der Waals surface area contributed by atoms with E-state index in [2.05, 4.69) is 10.0 Å².